The molecule has 0 bridgehead atoms. The highest BCUT2D eigenvalue weighted by molar-refractivity contribution is 6.05. The molecule has 0 saturated heterocycles. The van der Waals surface area contributed by atoms with Crippen LogP contribution in [0, 0.1) is 13.8 Å². The molecule has 110 valence electrons. The number of ether oxygens (including phenoxy) is 1. The van der Waals surface area contributed by atoms with Crippen molar-refractivity contribution in [3.63, 3.8) is 0 Å². The van der Waals surface area contributed by atoms with E-state index in [0.29, 0.717) is 5.56 Å². The van der Waals surface area contributed by atoms with E-state index in [1.165, 1.54) is 0 Å². The molecule has 21 heavy (non-hydrogen) atoms. The molecule has 2 aromatic carbocycles. The lowest BCUT2D eigenvalue weighted by Gasteiger charge is -2.11. The average molecular weight is 285 g/mol. The van der Waals surface area contributed by atoms with Crippen LogP contribution in [0.5, 0.6) is 5.75 Å². The van der Waals surface area contributed by atoms with Gasteiger partial charge in [0.05, 0.1) is 12.8 Å². The highest BCUT2D eigenvalue weighted by Gasteiger charge is 2.09. The molecule has 4 N–H and O–H groups in total. The summed E-state index contributed by atoms with van der Waals surface area (Å²) < 4.78 is 5.15. The largest absolute Gasteiger partial charge is 0.497 e. The second kappa shape index (κ2) is 6.28. The van der Waals surface area contributed by atoms with Gasteiger partial charge in [-0.25, -0.2) is 0 Å². The Bertz CT molecular complexity index is 669. The Balaban J connectivity index is 2.20. The smallest absolute Gasteiger partial charge is 0.255 e. The highest BCUT2D eigenvalue weighted by atomic mass is 16.5. The van der Waals surface area contributed by atoms with Gasteiger partial charge in [-0.05, 0) is 61.4 Å². The molecule has 0 aliphatic carbocycles. The van der Waals surface area contributed by atoms with Crippen LogP contribution >= 0.6 is 0 Å². The van der Waals surface area contributed by atoms with E-state index in [1.54, 1.807) is 25.3 Å². The van der Waals surface area contributed by atoms with E-state index in [2.05, 4.69) is 10.7 Å². The first-order chi connectivity index (χ1) is 10.0. The number of nitrogens with one attached hydrogen (secondary N) is 2. The molecule has 0 saturated carbocycles. The summed E-state index contributed by atoms with van der Waals surface area (Å²) >= 11 is 0. The van der Waals surface area contributed by atoms with Crippen LogP contribution in [0.3, 0.4) is 0 Å². The minimum Gasteiger partial charge on any atom is -0.497 e. The summed E-state index contributed by atoms with van der Waals surface area (Å²) in [6, 6.07) is 10.8. The topological polar surface area (TPSA) is 76.4 Å². The zero-order valence-electron chi connectivity index (χ0n) is 12.4. The Labute approximate surface area is 124 Å². The van der Waals surface area contributed by atoms with Gasteiger partial charge in [0.25, 0.3) is 5.91 Å². The van der Waals surface area contributed by atoms with E-state index in [4.69, 9.17) is 10.6 Å². The SMILES string of the molecule is COc1ccc(NC(=O)c2ccc(NN)c(C)c2)c(C)c1. The van der Waals surface area contributed by atoms with Gasteiger partial charge in [0.1, 0.15) is 5.75 Å². The van der Waals surface area contributed by atoms with Gasteiger partial charge in [0.2, 0.25) is 0 Å². The minimum atomic E-state index is -0.157. The second-order valence-corrected chi connectivity index (χ2v) is 4.81. The monoisotopic (exact) mass is 285 g/mol. The van der Waals surface area contributed by atoms with E-state index in [9.17, 15) is 4.79 Å². The number of benzene rings is 2. The molecule has 0 radical (unpaired) electrons. The number of anilines is 2. The van der Waals surface area contributed by atoms with E-state index in [-0.39, 0.29) is 5.91 Å². The van der Waals surface area contributed by atoms with Crippen molar-refractivity contribution in [2.45, 2.75) is 13.8 Å². The van der Waals surface area contributed by atoms with Crippen molar-refractivity contribution in [3.8, 4) is 5.75 Å². The Hall–Kier alpha value is -2.53. The summed E-state index contributed by atoms with van der Waals surface area (Å²) in [4.78, 5) is 12.3. The Morgan fingerprint density at radius 2 is 1.71 bits per heavy atom. The minimum absolute atomic E-state index is 0.157. The van der Waals surface area contributed by atoms with Gasteiger partial charge in [0, 0.05) is 11.3 Å². The third-order valence-corrected chi connectivity index (χ3v) is 3.33. The molecule has 5 heteroatoms. The van der Waals surface area contributed by atoms with Crippen molar-refractivity contribution < 1.29 is 9.53 Å². The van der Waals surface area contributed by atoms with E-state index < -0.39 is 0 Å². The highest BCUT2D eigenvalue weighted by Crippen LogP contribution is 2.22. The molecule has 0 heterocycles. The first kappa shape index (κ1) is 14.9. The fourth-order valence-corrected chi connectivity index (χ4v) is 2.06. The summed E-state index contributed by atoms with van der Waals surface area (Å²) in [5.74, 6) is 5.99. The van der Waals surface area contributed by atoms with Crippen LogP contribution in [0.25, 0.3) is 0 Å². The van der Waals surface area contributed by atoms with Crippen LogP contribution in [0.1, 0.15) is 21.5 Å². The maximum absolute atomic E-state index is 12.3. The Morgan fingerprint density at radius 3 is 2.29 bits per heavy atom. The molecule has 2 aromatic rings. The molecule has 0 unspecified atom stereocenters. The number of nitrogens with two attached hydrogens (primary N) is 1. The lowest BCUT2D eigenvalue weighted by Crippen LogP contribution is -2.14. The van der Waals surface area contributed by atoms with Crippen LogP contribution in [0.15, 0.2) is 36.4 Å². The van der Waals surface area contributed by atoms with E-state index in [0.717, 1.165) is 28.3 Å². The molecule has 0 fully saturated rings. The normalized spacial score (nSPS) is 10.1. The van der Waals surface area contributed by atoms with Crippen molar-refractivity contribution in [1.82, 2.24) is 0 Å². The second-order valence-electron chi connectivity index (χ2n) is 4.81. The van der Waals surface area contributed by atoms with E-state index in [1.807, 2.05) is 32.0 Å². The fraction of sp³-hybridized carbons (Fsp3) is 0.188. The fourth-order valence-electron chi connectivity index (χ4n) is 2.06. The number of rotatable bonds is 4. The molecular formula is C16H19N3O2. The molecule has 0 aliphatic heterocycles. The number of hydrazine groups is 1. The number of amides is 1. The van der Waals surface area contributed by atoms with Crippen molar-refractivity contribution >= 4 is 17.3 Å². The van der Waals surface area contributed by atoms with Crippen LogP contribution in [-0.2, 0) is 0 Å². The number of carbonyl (C=O) groups is 1. The van der Waals surface area contributed by atoms with Crippen molar-refractivity contribution in [2.75, 3.05) is 17.9 Å². The van der Waals surface area contributed by atoms with Crippen LogP contribution in [0.2, 0.25) is 0 Å². The zero-order chi connectivity index (χ0) is 15.4. The number of hydrogen-bond acceptors (Lipinski definition) is 4. The summed E-state index contributed by atoms with van der Waals surface area (Å²) in [5.41, 5.74) is 6.59. The summed E-state index contributed by atoms with van der Waals surface area (Å²) in [7, 11) is 1.61. The number of methoxy groups -OCH3 is 1. The lowest BCUT2D eigenvalue weighted by atomic mass is 10.1. The summed E-state index contributed by atoms with van der Waals surface area (Å²) in [6.07, 6.45) is 0. The van der Waals surface area contributed by atoms with Gasteiger partial charge in [0.15, 0.2) is 0 Å². The average Bonchev–Trinajstić information content (AvgIpc) is 2.49. The predicted octanol–water partition coefficient (Wildman–Crippen LogP) is 2.85. The molecule has 2 rings (SSSR count). The molecule has 0 atom stereocenters. The van der Waals surface area contributed by atoms with Gasteiger partial charge in [-0.1, -0.05) is 0 Å². The maximum Gasteiger partial charge on any atom is 0.255 e. The zero-order valence-corrected chi connectivity index (χ0v) is 12.4. The van der Waals surface area contributed by atoms with Gasteiger partial charge in [-0.15, -0.1) is 0 Å². The quantitative estimate of drug-likeness (QED) is 0.596. The van der Waals surface area contributed by atoms with Crippen LogP contribution < -0.4 is 21.3 Å². The number of carbonyl (C=O) groups excluding carboxylic acids is 1. The van der Waals surface area contributed by atoms with Crippen LogP contribution in [0.4, 0.5) is 11.4 Å². The van der Waals surface area contributed by atoms with Gasteiger partial charge in [-0.3, -0.25) is 10.6 Å². The summed E-state index contributed by atoms with van der Waals surface area (Å²) in [5, 5.41) is 2.90. The first-order valence-corrected chi connectivity index (χ1v) is 6.58. The standard InChI is InChI=1S/C16H19N3O2/c1-10-8-12(4-6-15(10)19-17)16(20)18-14-7-5-13(21-3)9-11(14)2/h4-9,19H,17H2,1-3H3,(H,18,20). The summed E-state index contributed by atoms with van der Waals surface area (Å²) in [6.45, 7) is 3.81. The molecule has 1 amide bonds. The first-order valence-electron chi connectivity index (χ1n) is 6.58. The Morgan fingerprint density at radius 1 is 1.05 bits per heavy atom. The molecule has 0 aromatic heterocycles. The third kappa shape index (κ3) is 3.32. The van der Waals surface area contributed by atoms with E-state index >= 15 is 0 Å². The molecular weight excluding hydrogens is 266 g/mol. The van der Waals surface area contributed by atoms with Gasteiger partial charge >= 0.3 is 0 Å². The predicted molar refractivity (Wildman–Crippen MR) is 84.7 cm³/mol. The third-order valence-electron chi connectivity index (χ3n) is 3.33. The van der Waals surface area contributed by atoms with Gasteiger partial charge < -0.3 is 15.5 Å². The lowest BCUT2D eigenvalue weighted by molar-refractivity contribution is 0.102. The van der Waals surface area contributed by atoms with Crippen molar-refractivity contribution in [3.05, 3.63) is 53.1 Å². The van der Waals surface area contributed by atoms with Gasteiger partial charge in [-0.2, -0.15) is 0 Å². The molecule has 0 aliphatic rings. The molecule has 5 nitrogen and oxygen atoms in total. The maximum atomic E-state index is 12.3. The molecule has 0 spiro atoms. The number of aryl methyl sites for hydroxylation is 2. The number of hydrogen-bond donors (Lipinski definition) is 3. The number of nitrogen functional groups attached to an aromatic ring is 1. The van der Waals surface area contributed by atoms with Crippen molar-refractivity contribution in [1.29, 1.82) is 0 Å². The van der Waals surface area contributed by atoms with Crippen LogP contribution in [-0.4, -0.2) is 13.0 Å². The van der Waals surface area contributed by atoms with Crippen molar-refractivity contribution in [2.24, 2.45) is 5.84 Å². The Kier molecular flexibility index (Phi) is 4.45.